The van der Waals surface area contributed by atoms with Crippen LogP contribution in [0.3, 0.4) is 0 Å². The van der Waals surface area contributed by atoms with Crippen LogP contribution in [0, 0.1) is 0 Å². The normalized spacial score (nSPS) is 12.0. The molecule has 0 atom stereocenters. The minimum absolute atomic E-state index is 0.0211. The van der Waals surface area contributed by atoms with Gasteiger partial charge in [-0.15, -0.1) is 0 Å². The maximum Gasteiger partial charge on any atom is 0.163 e. The molecule has 0 saturated heterocycles. The number of ether oxygens (including phenoxy) is 1. The molecule has 0 unspecified atom stereocenters. The number of hydrogen-bond acceptors (Lipinski definition) is 3. The maximum absolute atomic E-state index is 12.8. The summed E-state index contributed by atoms with van der Waals surface area (Å²) in [6.45, 7) is 3.44. The smallest absolute Gasteiger partial charge is 0.163 e. The molecular formula is C36H29NO2. The standard InChI is InChI=1S/C36H29NO2/c1-24(38)36(25(2)39-3)32-20-10-19-31-30(32)18-11-23-35(31)37(33-21-8-14-26-12-4-6-16-28(26)33)34-22-9-15-27-13-5-7-17-29(27)34/h4-23H,1-3H3/b36-25+. The summed E-state index contributed by atoms with van der Waals surface area (Å²) >= 11 is 0. The van der Waals surface area contributed by atoms with Gasteiger partial charge in [0.15, 0.2) is 5.78 Å². The van der Waals surface area contributed by atoms with Gasteiger partial charge in [0.05, 0.1) is 29.7 Å². The van der Waals surface area contributed by atoms with Gasteiger partial charge in [-0.3, -0.25) is 4.79 Å². The van der Waals surface area contributed by atoms with Gasteiger partial charge in [0.25, 0.3) is 0 Å². The molecule has 0 aromatic heterocycles. The summed E-state index contributed by atoms with van der Waals surface area (Å²) in [5.41, 5.74) is 4.70. The van der Waals surface area contributed by atoms with Gasteiger partial charge >= 0.3 is 0 Å². The monoisotopic (exact) mass is 507 g/mol. The van der Waals surface area contributed by atoms with Crippen LogP contribution < -0.4 is 4.90 Å². The zero-order valence-corrected chi connectivity index (χ0v) is 22.3. The van der Waals surface area contributed by atoms with Gasteiger partial charge in [0.2, 0.25) is 0 Å². The predicted octanol–water partition coefficient (Wildman–Crippen LogP) is 9.58. The zero-order valence-electron chi connectivity index (χ0n) is 22.3. The van der Waals surface area contributed by atoms with Crippen molar-refractivity contribution < 1.29 is 9.53 Å². The molecule has 0 aliphatic rings. The van der Waals surface area contributed by atoms with E-state index in [1.807, 2.05) is 19.1 Å². The van der Waals surface area contributed by atoms with Crippen molar-refractivity contribution in [2.45, 2.75) is 13.8 Å². The number of rotatable bonds is 6. The Bertz CT molecular complexity index is 1810. The molecule has 0 aliphatic heterocycles. The number of ketones is 1. The van der Waals surface area contributed by atoms with Crippen LogP contribution in [0.1, 0.15) is 19.4 Å². The lowest BCUT2D eigenvalue weighted by Crippen LogP contribution is -2.12. The second-order valence-electron chi connectivity index (χ2n) is 9.70. The first-order chi connectivity index (χ1) is 19.1. The highest BCUT2D eigenvalue weighted by Crippen LogP contribution is 2.45. The number of methoxy groups -OCH3 is 1. The Balaban J connectivity index is 1.72. The van der Waals surface area contributed by atoms with Crippen LogP contribution in [0.4, 0.5) is 17.1 Å². The minimum Gasteiger partial charge on any atom is -0.501 e. The average molecular weight is 508 g/mol. The number of carbonyl (C=O) groups excluding carboxylic acids is 1. The Morgan fingerprint density at radius 1 is 0.538 bits per heavy atom. The topological polar surface area (TPSA) is 29.5 Å². The molecule has 6 aromatic carbocycles. The summed E-state index contributed by atoms with van der Waals surface area (Å²) in [6, 6.07) is 42.4. The van der Waals surface area contributed by atoms with Gasteiger partial charge in [0, 0.05) is 16.2 Å². The largest absolute Gasteiger partial charge is 0.501 e. The van der Waals surface area contributed by atoms with E-state index in [1.165, 1.54) is 21.5 Å². The van der Waals surface area contributed by atoms with E-state index in [0.29, 0.717) is 11.3 Å². The molecule has 0 N–H and O–H groups in total. The minimum atomic E-state index is -0.0211. The van der Waals surface area contributed by atoms with E-state index in [2.05, 4.69) is 114 Å². The molecule has 0 aliphatic carbocycles. The third-order valence-electron chi connectivity index (χ3n) is 7.43. The maximum atomic E-state index is 12.8. The highest BCUT2D eigenvalue weighted by atomic mass is 16.5. The molecule has 190 valence electrons. The molecule has 0 spiro atoms. The highest BCUT2D eigenvalue weighted by Gasteiger charge is 2.21. The van der Waals surface area contributed by atoms with Crippen LogP contribution in [0.5, 0.6) is 0 Å². The van der Waals surface area contributed by atoms with Crippen molar-refractivity contribution in [1.82, 2.24) is 0 Å². The summed E-state index contributed by atoms with van der Waals surface area (Å²) in [5, 5.41) is 6.75. The van der Waals surface area contributed by atoms with Crippen LogP contribution in [0.2, 0.25) is 0 Å². The quantitative estimate of drug-likeness (QED) is 0.166. The first-order valence-electron chi connectivity index (χ1n) is 13.1. The third-order valence-corrected chi connectivity index (χ3v) is 7.43. The molecule has 3 heteroatoms. The van der Waals surface area contributed by atoms with Crippen LogP contribution in [0.15, 0.2) is 127 Å². The summed E-state index contributed by atoms with van der Waals surface area (Å²) in [5.74, 6) is 0.590. The van der Waals surface area contributed by atoms with Crippen molar-refractivity contribution in [3.8, 4) is 0 Å². The zero-order chi connectivity index (χ0) is 26.9. The van der Waals surface area contributed by atoms with Gasteiger partial charge < -0.3 is 9.64 Å². The number of nitrogens with zero attached hydrogens (tertiary/aromatic N) is 1. The Kier molecular flexibility index (Phi) is 6.34. The van der Waals surface area contributed by atoms with Crippen LogP contribution in [0.25, 0.3) is 37.9 Å². The fourth-order valence-electron chi connectivity index (χ4n) is 5.63. The molecule has 6 aromatic rings. The fourth-order valence-corrected chi connectivity index (χ4v) is 5.63. The second-order valence-corrected chi connectivity index (χ2v) is 9.70. The number of allylic oxidation sites excluding steroid dienone is 2. The summed E-state index contributed by atoms with van der Waals surface area (Å²) < 4.78 is 5.54. The molecule has 0 bridgehead atoms. The fraction of sp³-hybridized carbons (Fsp3) is 0.0833. The molecule has 0 fully saturated rings. The van der Waals surface area contributed by atoms with Crippen LogP contribution in [-0.2, 0) is 9.53 Å². The van der Waals surface area contributed by atoms with Gasteiger partial charge in [-0.25, -0.2) is 0 Å². The molecule has 0 saturated carbocycles. The molecular weight excluding hydrogens is 478 g/mol. The van der Waals surface area contributed by atoms with Gasteiger partial charge in [-0.2, -0.15) is 0 Å². The average Bonchev–Trinajstić information content (AvgIpc) is 2.97. The van der Waals surface area contributed by atoms with E-state index in [4.69, 9.17) is 4.74 Å². The highest BCUT2D eigenvalue weighted by molar-refractivity contribution is 6.24. The van der Waals surface area contributed by atoms with E-state index >= 15 is 0 Å². The predicted molar refractivity (Wildman–Crippen MR) is 164 cm³/mol. The summed E-state index contributed by atoms with van der Waals surface area (Å²) in [7, 11) is 1.61. The first-order valence-corrected chi connectivity index (χ1v) is 13.1. The number of Topliss-reactive ketones (excluding diaryl/α,β-unsaturated/α-hetero) is 1. The molecule has 0 heterocycles. The Morgan fingerprint density at radius 3 is 1.54 bits per heavy atom. The first kappa shape index (κ1) is 24.4. The van der Waals surface area contributed by atoms with Crippen LogP contribution in [-0.4, -0.2) is 12.9 Å². The van der Waals surface area contributed by atoms with Crippen molar-refractivity contribution in [1.29, 1.82) is 0 Å². The number of carbonyl (C=O) groups is 1. The van der Waals surface area contributed by atoms with E-state index in [-0.39, 0.29) is 5.78 Å². The van der Waals surface area contributed by atoms with E-state index in [9.17, 15) is 4.79 Å². The Labute approximate surface area is 228 Å². The Morgan fingerprint density at radius 2 is 0.974 bits per heavy atom. The number of hydrogen-bond donors (Lipinski definition) is 0. The van der Waals surface area contributed by atoms with Crippen LogP contribution >= 0.6 is 0 Å². The third kappa shape index (κ3) is 4.22. The lowest BCUT2D eigenvalue weighted by atomic mass is 9.93. The second kappa shape index (κ2) is 10.1. The van der Waals surface area contributed by atoms with E-state index in [0.717, 1.165) is 33.4 Å². The Hall–Kier alpha value is -4.89. The van der Waals surface area contributed by atoms with E-state index in [1.54, 1.807) is 14.0 Å². The number of anilines is 3. The molecule has 0 radical (unpaired) electrons. The number of fused-ring (bicyclic) bond motifs is 3. The molecule has 6 rings (SSSR count). The number of benzene rings is 6. The van der Waals surface area contributed by atoms with Gasteiger partial charge in [-0.05, 0) is 53.8 Å². The summed E-state index contributed by atoms with van der Waals surface area (Å²) in [6.07, 6.45) is 0. The van der Waals surface area contributed by atoms with Crippen molar-refractivity contribution in [3.63, 3.8) is 0 Å². The van der Waals surface area contributed by atoms with E-state index < -0.39 is 0 Å². The SMILES string of the molecule is CO/C(C)=C(\C(C)=O)c1cccc2c(N(c3cccc4ccccc34)c3cccc4ccccc34)cccc12. The van der Waals surface area contributed by atoms with Crippen molar-refractivity contribution in [3.05, 3.63) is 133 Å². The van der Waals surface area contributed by atoms with Gasteiger partial charge in [0.1, 0.15) is 5.76 Å². The lowest BCUT2D eigenvalue weighted by Gasteiger charge is -2.29. The van der Waals surface area contributed by atoms with Crippen molar-refractivity contribution in [2.24, 2.45) is 0 Å². The molecule has 0 amide bonds. The lowest BCUT2D eigenvalue weighted by molar-refractivity contribution is -0.111. The molecule has 3 nitrogen and oxygen atoms in total. The van der Waals surface area contributed by atoms with Crippen molar-refractivity contribution in [2.75, 3.05) is 12.0 Å². The molecule has 39 heavy (non-hydrogen) atoms. The summed E-state index contributed by atoms with van der Waals surface area (Å²) in [4.78, 5) is 15.2. The van der Waals surface area contributed by atoms with Gasteiger partial charge in [-0.1, -0.05) is 103 Å². The van der Waals surface area contributed by atoms with Crippen molar-refractivity contribution >= 4 is 60.7 Å².